The molecule has 1 aliphatic rings. The van der Waals surface area contributed by atoms with Crippen LogP contribution in [0.3, 0.4) is 0 Å². The Kier molecular flexibility index (Phi) is 15.3. The van der Waals surface area contributed by atoms with E-state index in [4.69, 9.17) is 56.4 Å². The van der Waals surface area contributed by atoms with E-state index in [-0.39, 0.29) is 34.2 Å². The van der Waals surface area contributed by atoms with Crippen LogP contribution in [0.15, 0.2) is 24.8 Å². The number of nitrogens with one attached hydrogen (secondary N) is 2. The molecule has 1 aromatic carbocycles. The molecule has 0 saturated carbocycles. The Morgan fingerprint density at radius 1 is 0.980 bits per heavy atom. The van der Waals surface area contributed by atoms with Gasteiger partial charge >= 0.3 is 35.9 Å². The average Bonchev–Trinajstić information content (AvgIpc) is 2.99. The molecule has 16 nitrogen and oxygen atoms in total. The number of halogens is 2. The van der Waals surface area contributed by atoms with Crippen LogP contribution in [-0.2, 0) is 52.4 Å². The number of alkyl carbamates (subject to hydrolysis) is 1. The molecule has 18 heteroatoms. The number of carbonyl (C=O) groups excluding carboxylic acids is 7. The van der Waals surface area contributed by atoms with Gasteiger partial charge < -0.3 is 43.8 Å². The molecule has 2 N–H and O–H groups in total. The lowest BCUT2D eigenvalue weighted by atomic mass is 9.81. The van der Waals surface area contributed by atoms with Crippen LogP contribution in [0.25, 0.3) is 0 Å². The predicted octanol–water partition coefficient (Wildman–Crippen LogP) is 3.61. The molecule has 0 aliphatic carbocycles. The summed E-state index contributed by atoms with van der Waals surface area (Å²) in [5, 5.41) is 4.77. The molecule has 282 valence electrons. The molecular formula is C33H42Cl2N2O14. The molecule has 0 unspecified atom stereocenters. The van der Waals surface area contributed by atoms with Gasteiger partial charge in [-0.15, -0.1) is 6.58 Å². The van der Waals surface area contributed by atoms with E-state index in [1.54, 1.807) is 20.8 Å². The number of hydrogen-bond donors (Lipinski definition) is 2. The quantitative estimate of drug-likeness (QED) is 0.127. The Balaban J connectivity index is 2.71. The SMILES string of the molecule is C=CC[C@]1(C(=O)OC)C[C@H](OC(C)=O)[C@@H](NC(=O)OC(C)(C)C)[C@H]([C@H](OC(C)=O)[C@@H](CNC(=O)c2cc(Cl)c(OC(C)=O)c(Cl)c2)OC(C)=O)O1. The number of esters is 5. The van der Waals surface area contributed by atoms with E-state index in [1.807, 2.05) is 0 Å². The van der Waals surface area contributed by atoms with Gasteiger partial charge in [-0.05, 0) is 32.9 Å². The largest absolute Gasteiger partial charge is 0.467 e. The Morgan fingerprint density at radius 2 is 1.57 bits per heavy atom. The van der Waals surface area contributed by atoms with Crippen molar-refractivity contribution >= 4 is 65.0 Å². The molecule has 1 saturated heterocycles. The summed E-state index contributed by atoms with van der Waals surface area (Å²) in [6, 6.07) is 0.913. The van der Waals surface area contributed by atoms with E-state index in [1.165, 1.54) is 18.2 Å². The fourth-order valence-electron chi connectivity index (χ4n) is 5.24. The normalized spacial score (nSPS) is 21.1. The lowest BCUT2D eigenvalue weighted by molar-refractivity contribution is -0.238. The number of rotatable bonds is 13. The van der Waals surface area contributed by atoms with Crippen LogP contribution in [0, 0.1) is 0 Å². The number of amides is 2. The highest BCUT2D eigenvalue weighted by Crippen LogP contribution is 2.39. The van der Waals surface area contributed by atoms with Crippen LogP contribution in [0.1, 0.15) is 71.7 Å². The number of hydrogen-bond acceptors (Lipinski definition) is 14. The second-order valence-electron chi connectivity index (χ2n) is 12.4. The van der Waals surface area contributed by atoms with Crippen molar-refractivity contribution in [2.45, 2.75) is 103 Å². The highest BCUT2D eigenvalue weighted by atomic mass is 35.5. The molecule has 2 amide bonds. The summed E-state index contributed by atoms with van der Waals surface area (Å²) in [6.45, 7) is 12.2. The first-order valence-electron chi connectivity index (χ1n) is 15.5. The number of ether oxygens (including phenoxy) is 7. The average molecular weight is 762 g/mol. The van der Waals surface area contributed by atoms with Gasteiger partial charge in [-0.1, -0.05) is 29.3 Å². The fourth-order valence-corrected chi connectivity index (χ4v) is 5.81. The standard InChI is InChI=1S/C33H42Cl2N2O14/c1-10-11-33(30(43)45-9)14-23(46-16(2)38)25(37-31(44)51-32(6,7)8)28(50-33)27(49-19(5)41)24(47-17(3)39)15-36-29(42)20-12-21(34)26(22(35)13-20)48-18(4)40/h10,12-13,23-25,27-28H,1,11,14-15H2,2-9H3,(H,36,42)(H,37,44)/t23-,24+,25+,27+,28+,33+/m0/s1. The summed E-state index contributed by atoms with van der Waals surface area (Å²) in [5.74, 6) is -5.25. The van der Waals surface area contributed by atoms with E-state index in [0.717, 1.165) is 34.8 Å². The van der Waals surface area contributed by atoms with Crippen molar-refractivity contribution in [3.8, 4) is 5.75 Å². The Hall–Kier alpha value is -4.41. The van der Waals surface area contributed by atoms with Crippen molar-refractivity contribution in [3.63, 3.8) is 0 Å². The van der Waals surface area contributed by atoms with Crippen LogP contribution in [0.4, 0.5) is 4.79 Å². The lowest BCUT2D eigenvalue weighted by Crippen LogP contribution is -2.69. The molecule has 6 atom stereocenters. The molecule has 51 heavy (non-hydrogen) atoms. The molecule has 1 heterocycles. The van der Waals surface area contributed by atoms with Gasteiger partial charge in [0.05, 0.1) is 29.7 Å². The molecule has 2 rings (SSSR count). The van der Waals surface area contributed by atoms with Crippen molar-refractivity contribution in [1.82, 2.24) is 10.6 Å². The van der Waals surface area contributed by atoms with E-state index >= 15 is 0 Å². The highest BCUT2D eigenvalue weighted by molar-refractivity contribution is 6.38. The zero-order valence-corrected chi connectivity index (χ0v) is 30.9. The van der Waals surface area contributed by atoms with Crippen molar-refractivity contribution in [1.29, 1.82) is 0 Å². The van der Waals surface area contributed by atoms with Gasteiger partial charge in [-0.3, -0.25) is 24.0 Å². The fraction of sp³-hybridized carbons (Fsp3) is 0.545. The van der Waals surface area contributed by atoms with Crippen molar-refractivity contribution in [3.05, 3.63) is 40.4 Å². The Labute approximate surface area is 304 Å². The molecule has 1 fully saturated rings. The molecule has 1 aromatic rings. The van der Waals surface area contributed by atoms with Crippen LogP contribution in [-0.4, -0.2) is 97.2 Å². The monoisotopic (exact) mass is 760 g/mol. The van der Waals surface area contributed by atoms with E-state index in [2.05, 4.69) is 17.2 Å². The summed E-state index contributed by atoms with van der Waals surface area (Å²) in [6.07, 6.45) is -6.52. The van der Waals surface area contributed by atoms with Crippen LogP contribution in [0.2, 0.25) is 10.0 Å². The third-order valence-corrected chi connectivity index (χ3v) is 7.52. The predicted molar refractivity (Wildman–Crippen MR) is 179 cm³/mol. The summed E-state index contributed by atoms with van der Waals surface area (Å²) >= 11 is 12.4. The van der Waals surface area contributed by atoms with E-state index < -0.39 is 90.1 Å². The van der Waals surface area contributed by atoms with Gasteiger partial charge in [0.25, 0.3) is 5.91 Å². The van der Waals surface area contributed by atoms with Crippen molar-refractivity contribution < 1.29 is 66.7 Å². The summed E-state index contributed by atoms with van der Waals surface area (Å²) in [4.78, 5) is 88.6. The maximum absolute atomic E-state index is 13.3. The number of benzene rings is 1. The van der Waals surface area contributed by atoms with E-state index in [0.29, 0.717) is 0 Å². The van der Waals surface area contributed by atoms with Gasteiger partial charge in [0, 0.05) is 46.1 Å². The molecule has 0 radical (unpaired) electrons. The highest BCUT2D eigenvalue weighted by Gasteiger charge is 2.58. The Morgan fingerprint density at radius 3 is 2.04 bits per heavy atom. The van der Waals surface area contributed by atoms with Crippen LogP contribution in [0.5, 0.6) is 5.75 Å². The van der Waals surface area contributed by atoms with Crippen molar-refractivity contribution in [2.75, 3.05) is 13.7 Å². The molecule has 1 aliphatic heterocycles. The number of carbonyl (C=O) groups is 7. The number of methoxy groups -OCH3 is 1. The first kappa shape index (κ1) is 42.8. The Bertz CT molecular complexity index is 1500. The molecule has 0 spiro atoms. The zero-order valence-electron chi connectivity index (χ0n) is 29.4. The van der Waals surface area contributed by atoms with Crippen LogP contribution >= 0.6 is 23.2 Å². The minimum atomic E-state index is -1.92. The molecule has 0 bridgehead atoms. The third-order valence-electron chi connectivity index (χ3n) is 6.96. The maximum Gasteiger partial charge on any atom is 0.408 e. The van der Waals surface area contributed by atoms with Gasteiger partial charge in [-0.2, -0.15) is 0 Å². The summed E-state index contributed by atoms with van der Waals surface area (Å²) in [7, 11) is 1.09. The third kappa shape index (κ3) is 12.4. The lowest BCUT2D eigenvalue weighted by Gasteiger charge is -2.49. The topological polar surface area (TPSA) is 208 Å². The molecule has 0 aromatic heterocycles. The smallest absolute Gasteiger partial charge is 0.408 e. The summed E-state index contributed by atoms with van der Waals surface area (Å²) in [5.41, 5.74) is -3.02. The van der Waals surface area contributed by atoms with Gasteiger partial charge in [-0.25, -0.2) is 9.59 Å². The minimum Gasteiger partial charge on any atom is -0.467 e. The second-order valence-corrected chi connectivity index (χ2v) is 13.2. The van der Waals surface area contributed by atoms with Gasteiger partial charge in [0.1, 0.15) is 17.8 Å². The van der Waals surface area contributed by atoms with Crippen molar-refractivity contribution in [2.24, 2.45) is 0 Å². The first-order chi connectivity index (χ1) is 23.6. The summed E-state index contributed by atoms with van der Waals surface area (Å²) < 4.78 is 38.5. The minimum absolute atomic E-state index is 0.101. The van der Waals surface area contributed by atoms with Gasteiger partial charge in [0.2, 0.25) is 0 Å². The first-order valence-corrected chi connectivity index (χ1v) is 16.2. The maximum atomic E-state index is 13.3. The second kappa shape index (κ2) is 18.2. The zero-order chi connectivity index (χ0) is 38.8. The molecular weight excluding hydrogens is 719 g/mol. The van der Waals surface area contributed by atoms with E-state index in [9.17, 15) is 33.6 Å². The van der Waals surface area contributed by atoms with Gasteiger partial charge in [0.15, 0.2) is 23.6 Å². The van der Waals surface area contributed by atoms with Crippen LogP contribution < -0.4 is 15.4 Å².